The molecule has 3 N–H and O–H groups in total. The van der Waals surface area contributed by atoms with E-state index in [1.54, 1.807) is 0 Å². The fraction of sp³-hybridized carbons (Fsp3) is 1.00. The molecular weight excluding hydrogens is 152 g/mol. The van der Waals surface area contributed by atoms with Gasteiger partial charge in [0.1, 0.15) is 0 Å². The SMILES string of the molecule is CN1CCN(C)C(CCNN)C1. The van der Waals surface area contributed by atoms with Gasteiger partial charge in [0.25, 0.3) is 0 Å². The number of hydrogen-bond acceptors (Lipinski definition) is 4. The molecule has 0 aromatic carbocycles. The lowest BCUT2D eigenvalue weighted by molar-refractivity contribution is 0.109. The van der Waals surface area contributed by atoms with Crippen molar-refractivity contribution in [2.75, 3.05) is 40.3 Å². The number of hydrogen-bond donors (Lipinski definition) is 2. The first-order valence-electron chi connectivity index (χ1n) is 4.56. The fourth-order valence-corrected chi connectivity index (χ4v) is 1.66. The van der Waals surface area contributed by atoms with Crippen LogP contribution in [-0.2, 0) is 0 Å². The van der Waals surface area contributed by atoms with E-state index in [0.717, 1.165) is 19.5 Å². The molecule has 0 spiro atoms. The highest BCUT2D eigenvalue weighted by atomic mass is 15.3. The molecule has 0 radical (unpaired) electrons. The molecule has 0 aromatic rings. The Kier molecular flexibility index (Phi) is 3.94. The molecule has 1 aliphatic heterocycles. The monoisotopic (exact) mass is 172 g/mol. The van der Waals surface area contributed by atoms with Gasteiger partial charge in [-0.3, -0.25) is 11.3 Å². The van der Waals surface area contributed by atoms with Gasteiger partial charge in [-0.15, -0.1) is 0 Å². The first kappa shape index (κ1) is 9.92. The summed E-state index contributed by atoms with van der Waals surface area (Å²) < 4.78 is 0. The second kappa shape index (κ2) is 4.77. The average molecular weight is 172 g/mol. The Morgan fingerprint density at radius 3 is 2.83 bits per heavy atom. The van der Waals surface area contributed by atoms with Crippen LogP contribution >= 0.6 is 0 Å². The highest BCUT2D eigenvalue weighted by molar-refractivity contribution is 4.78. The van der Waals surface area contributed by atoms with Crippen LogP contribution in [0.15, 0.2) is 0 Å². The molecule has 72 valence electrons. The lowest BCUT2D eigenvalue weighted by Crippen LogP contribution is -2.50. The van der Waals surface area contributed by atoms with Gasteiger partial charge in [0, 0.05) is 32.2 Å². The number of nitrogens with two attached hydrogens (primary N) is 1. The standard InChI is InChI=1S/C8H20N4/c1-11-5-6-12(2)8(7-11)3-4-10-9/h8,10H,3-7,9H2,1-2H3. The van der Waals surface area contributed by atoms with Gasteiger partial charge in [0.05, 0.1) is 0 Å². The van der Waals surface area contributed by atoms with Crippen molar-refractivity contribution in [2.45, 2.75) is 12.5 Å². The summed E-state index contributed by atoms with van der Waals surface area (Å²) >= 11 is 0. The molecule has 0 bridgehead atoms. The summed E-state index contributed by atoms with van der Waals surface area (Å²) in [5, 5.41) is 0. The van der Waals surface area contributed by atoms with Crippen molar-refractivity contribution in [1.82, 2.24) is 15.2 Å². The Morgan fingerprint density at radius 1 is 1.42 bits per heavy atom. The summed E-state index contributed by atoms with van der Waals surface area (Å²) in [6.07, 6.45) is 1.14. The second-order valence-corrected chi connectivity index (χ2v) is 3.64. The quantitative estimate of drug-likeness (QED) is 0.427. The Morgan fingerprint density at radius 2 is 2.17 bits per heavy atom. The maximum absolute atomic E-state index is 5.24. The van der Waals surface area contributed by atoms with Gasteiger partial charge in [-0.25, -0.2) is 0 Å². The van der Waals surface area contributed by atoms with Crippen LogP contribution in [0.25, 0.3) is 0 Å². The molecule has 0 aliphatic carbocycles. The lowest BCUT2D eigenvalue weighted by Gasteiger charge is -2.37. The Bertz CT molecular complexity index is 128. The van der Waals surface area contributed by atoms with Crippen LogP contribution in [0.5, 0.6) is 0 Å². The normalized spacial score (nSPS) is 27.8. The van der Waals surface area contributed by atoms with E-state index in [0.29, 0.717) is 6.04 Å². The van der Waals surface area contributed by atoms with E-state index in [1.165, 1.54) is 13.1 Å². The number of rotatable bonds is 3. The van der Waals surface area contributed by atoms with Crippen LogP contribution in [0.1, 0.15) is 6.42 Å². The lowest BCUT2D eigenvalue weighted by atomic mass is 10.1. The van der Waals surface area contributed by atoms with Gasteiger partial charge in [-0.2, -0.15) is 0 Å². The van der Waals surface area contributed by atoms with Crippen molar-refractivity contribution in [3.8, 4) is 0 Å². The van der Waals surface area contributed by atoms with Crippen molar-refractivity contribution in [1.29, 1.82) is 0 Å². The smallest absolute Gasteiger partial charge is 0.0233 e. The summed E-state index contributed by atoms with van der Waals surface area (Å²) in [5.74, 6) is 5.24. The van der Waals surface area contributed by atoms with Crippen LogP contribution in [0, 0.1) is 0 Å². The van der Waals surface area contributed by atoms with E-state index in [4.69, 9.17) is 5.84 Å². The van der Waals surface area contributed by atoms with E-state index < -0.39 is 0 Å². The molecule has 4 nitrogen and oxygen atoms in total. The van der Waals surface area contributed by atoms with E-state index in [2.05, 4.69) is 29.3 Å². The molecule has 1 saturated heterocycles. The summed E-state index contributed by atoms with van der Waals surface area (Å²) in [6, 6.07) is 0.666. The van der Waals surface area contributed by atoms with Crippen molar-refractivity contribution in [2.24, 2.45) is 5.84 Å². The van der Waals surface area contributed by atoms with E-state index >= 15 is 0 Å². The molecule has 0 amide bonds. The van der Waals surface area contributed by atoms with E-state index in [-0.39, 0.29) is 0 Å². The molecule has 0 aromatic heterocycles. The number of likely N-dealkylation sites (N-methyl/N-ethyl adjacent to an activating group) is 2. The van der Waals surface area contributed by atoms with Crippen molar-refractivity contribution in [3.05, 3.63) is 0 Å². The van der Waals surface area contributed by atoms with E-state index in [9.17, 15) is 0 Å². The largest absolute Gasteiger partial charge is 0.304 e. The Balaban J connectivity index is 2.28. The number of piperazine rings is 1. The average Bonchev–Trinajstić information content (AvgIpc) is 2.07. The zero-order valence-electron chi connectivity index (χ0n) is 8.08. The minimum Gasteiger partial charge on any atom is -0.304 e. The van der Waals surface area contributed by atoms with Gasteiger partial charge < -0.3 is 9.80 Å². The minimum atomic E-state index is 0.666. The maximum atomic E-state index is 5.24. The zero-order chi connectivity index (χ0) is 8.97. The fourth-order valence-electron chi connectivity index (χ4n) is 1.66. The topological polar surface area (TPSA) is 44.5 Å². The highest BCUT2D eigenvalue weighted by Crippen LogP contribution is 2.08. The third kappa shape index (κ3) is 2.71. The summed E-state index contributed by atoms with van der Waals surface area (Å²) in [6.45, 7) is 4.43. The third-order valence-electron chi connectivity index (χ3n) is 2.60. The van der Waals surface area contributed by atoms with Crippen LogP contribution in [0.3, 0.4) is 0 Å². The summed E-state index contributed by atoms with van der Waals surface area (Å²) in [5.41, 5.74) is 2.71. The first-order valence-corrected chi connectivity index (χ1v) is 4.56. The first-order chi connectivity index (χ1) is 5.74. The molecular formula is C8H20N4. The Labute approximate surface area is 74.7 Å². The van der Waals surface area contributed by atoms with Gasteiger partial charge in [-0.05, 0) is 20.5 Å². The predicted octanol–water partition coefficient (Wildman–Crippen LogP) is -0.914. The third-order valence-corrected chi connectivity index (χ3v) is 2.60. The van der Waals surface area contributed by atoms with Crippen molar-refractivity contribution in [3.63, 3.8) is 0 Å². The molecule has 1 fully saturated rings. The molecule has 1 rings (SSSR count). The van der Waals surface area contributed by atoms with Crippen LogP contribution < -0.4 is 11.3 Å². The maximum Gasteiger partial charge on any atom is 0.0233 e. The molecule has 1 unspecified atom stereocenters. The van der Waals surface area contributed by atoms with Crippen LogP contribution in [0.2, 0.25) is 0 Å². The highest BCUT2D eigenvalue weighted by Gasteiger charge is 2.20. The van der Waals surface area contributed by atoms with Crippen LogP contribution in [0.4, 0.5) is 0 Å². The molecule has 1 aliphatic rings. The molecule has 12 heavy (non-hydrogen) atoms. The van der Waals surface area contributed by atoms with E-state index in [1.807, 2.05) is 0 Å². The molecule has 0 saturated carbocycles. The minimum absolute atomic E-state index is 0.666. The molecule has 4 heteroatoms. The molecule has 1 atom stereocenters. The van der Waals surface area contributed by atoms with Gasteiger partial charge in [-0.1, -0.05) is 0 Å². The zero-order valence-corrected chi connectivity index (χ0v) is 8.08. The predicted molar refractivity (Wildman–Crippen MR) is 50.7 cm³/mol. The molecule has 1 heterocycles. The summed E-state index contributed by atoms with van der Waals surface area (Å²) in [7, 11) is 4.37. The van der Waals surface area contributed by atoms with Crippen molar-refractivity contribution >= 4 is 0 Å². The second-order valence-electron chi connectivity index (χ2n) is 3.64. The van der Waals surface area contributed by atoms with Gasteiger partial charge >= 0.3 is 0 Å². The Hall–Kier alpha value is -0.160. The van der Waals surface area contributed by atoms with Crippen LogP contribution in [-0.4, -0.2) is 56.1 Å². The number of nitrogens with zero attached hydrogens (tertiary/aromatic N) is 2. The van der Waals surface area contributed by atoms with Gasteiger partial charge in [0.15, 0.2) is 0 Å². The number of hydrazine groups is 1. The summed E-state index contributed by atoms with van der Waals surface area (Å²) in [4.78, 5) is 4.79. The number of nitrogens with one attached hydrogen (secondary N) is 1. The van der Waals surface area contributed by atoms with Crippen molar-refractivity contribution < 1.29 is 0 Å². The van der Waals surface area contributed by atoms with Gasteiger partial charge in [0.2, 0.25) is 0 Å².